The lowest BCUT2D eigenvalue weighted by Crippen LogP contribution is -2.10. The number of methoxy groups -OCH3 is 1. The summed E-state index contributed by atoms with van der Waals surface area (Å²) in [6.07, 6.45) is 0. The van der Waals surface area contributed by atoms with Gasteiger partial charge in [0.15, 0.2) is 0 Å². The molecular weight excluding hydrogens is 260 g/mol. The highest BCUT2D eigenvalue weighted by atomic mass is 16.5. The zero-order valence-corrected chi connectivity index (χ0v) is 11.6. The summed E-state index contributed by atoms with van der Waals surface area (Å²) < 4.78 is 10.1. The van der Waals surface area contributed by atoms with Crippen LogP contribution in [0.5, 0.6) is 5.75 Å². The molecule has 0 saturated carbocycles. The van der Waals surface area contributed by atoms with E-state index < -0.39 is 5.97 Å². The molecule has 0 atom stereocenters. The first-order valence-corrected chi connectivity index (χ1v) is 6.03. The van der Waals surface area contributed by atoms with Crippen LogP contribution in [0.3, 0.4) is 0 Å². The molecule has 0 aliphatic carbocycles. The second-order valence-corrected chi connectivity index (χ2v) is 4.65. The Labute approximate surface area is 116 Å². The van der Waals surface area contributed by atoms with Gasteiger partial charge in [-0.15, -0.1) is 0 Å². The third-order valence-corrected chi connectivity index (χ3v) is 2.76. The monoisotopic (exact) mass is 276 g/mol. The third-order valence-electron chi connectivity index (χ3n) is 2.76. The van der Waals surface area contributed by atoms with Crippen LogP contribution in [0.2, 0.25) is 0 Å². The molecule has 6 heteroatoms. The second kappa shape index (κ2) is 5.75. The number of hydrogen-bond acceptors (Lipinski definition) is 5. The fourth-order valence-electron chi connectivity index (χ4n) is 1.92. The maximum Gasteiger partial charge on any atom is 0.374 e. The number of carboxylic acids is 1. The van der Waals surface area contributed by atoms with Gasteiger partial charge in [0.05, 0.1) is 7.11 Å². The summed E-state index contributed by atoms with van der Waals surface area (Å²) in [5.41, 5.74) is 2.23. The van der Waals surface area contributed by atoms with Crippen LogP contribution in [0.4, 0.5) is 0 Å². The van der Waals surface area contributed by atoms with Crippen LogP contribution in [-0.2, 0) is 6.54 Å². The fraction of sp³-hybridized carbons (Fsp3) is 0.286. The Bertz CT molecular complexity index is 619. The minimum absolute atomic E-state index is 0.194. The van der Waals surface area contributed by atoms with Crippen LogP contribution in [-0.4, -0.2) is 42.3 Å². The summed E-state index contributed by atoms with van der Waals surface area (Å²) in [7, 11) is 5.51. The van der Waals surface area contributed by atoms with Crippen molar-refractivity contribution in [1.82, 2.24) is 10.1 Å². The first-order chi connectivity index (χ1) is 9.51. The Morgan fingerprint density at radius 2 is 2.15 bits per heavy atom. The number of nitrogens with zero attached hydrogens (tertiary/aromatic N) is 2. The fourth-order valence-corrected chi connectivity index (χ4v) is 1.92. The third kappa shape index (κ3) is 2.97. The van der Waals surface area contributed by atoms with E-state index in [-0.39, 0.29) is 5.76 Å². The quantitative estimate of drug-likeness (QED) is 0.901. The van der Waals surface area contributed by atoms with Crippen molar-refractivity contribution >= 4 is 5.97 Å². The first-order valence-electron chi connectivity index (χ1n) is 6.03. The highest BCUT2D eigenvalue weighted by molar-refractivity contribution is 5.86. The molecule has 0 aliphatic rings. The van der Waals surface area contributed by atoms with Gasteiger partial charge in [0.25, 0.3) is 0 Å². The molecule has 2 rings (SSSR count). The van der Waals surface area contributed by atoms with Crippen molar-refractivity contribution in [1.29, 1.82) is 0 Å². The van der Waals surface area contributed by atoms with E-state index in [1.807, 2.05) is 37.2 Å². The zero-order valence-electron chi connectivity index (χ0n) is 11.6. The van der Waals surface area contributed by atoms with E-state index in [1.165, 1.54) is 6.07 Å². The van der Waals surface area contributed by atoms with Crippen molar-refractivity contribution < 1.29 is 19.2 Å². The van der Waals surface area contributed by atoms with Crippen molar-refractivity contribution in [2.75, 3.05) is 21.2 Å². The predicted molar refractivity (Wildman–Crippen MR) is 72.8 cm³/mol. The summed E-state index contributed by atoms with van der Waals surface area (Å²) in [4.78, 5) is 12.9. The number of rotatable bonds is 5. The lowest BCUT2D eigenvalue weighted by atomic mass is 10.1. The molecule has 0 fully saturated rings. The molecule has 106 valence electrons. The van der Waals surface area contributed by atoms with Crippen LogP contribution < -0.4 is 4.74 Å². The average Bonchev–Trinajstić information content (AvgIpc) is 2.87. The summed E-state index contributed by atoms with van der Waals surface area (Å²) in [6.45, 7) is 0.765. The Balaban J connectivity index is 2.43. The van der Waals surface area contributed by atoms with Crippen molar-refractivity contribution in [3.63, 3.8) is 0 Å². The van der Waals surface area contributed by atoms with Gasteiger partial charge in [-0.2, -0.15) is 0 Å². The molecule has 1 aromatic heterocycles. The van der Waals surface area contributed by atoms with Gasteiger partial charge in [-0.05, 0) is 31.8 Å². The van der Waals surface area contributed by atoms with Crippen LogP contribution in [0.1, 0.15) is 16.1 Å². The summed E-state index contributed by atoms with van der Waals surface area (Å²) >= 11 is 0. The van der Waals surface area contributed by atoms with Gasteiger partial charge in [-0.25, -0.2) is 4.79 Å². The minimum atomic E-state index is -1.15. The van der Waals surface area contributed by atoms with Crippen LogP contribution in [0, 0.1) is 0 Å². The molecule has 20 heavy (non-hydrogen) atoms. The van der Waals surface area contributed by atoms with Crippen molar-refractivity contribution in [2.24, 2.45) is 0 Å². The Kier molecular flexibility index (Phi) is 4.05. The van der Waals surface area contributed by atoms with Gasteiger partial charge < -0.3 is 19.3 Å². The SMILES string of the molecule is COc1ccc(CN(C)C)cc1-c1cc(C(=O)O)on1. The highest BCUT2D eigenvalue weighted by Gasteiger charge is 2.16. The number of ether oxygens (including phenoxy) is 1. The topological polar surface area (TPSA) is 75.8 Å². The van der Waals surface area contributed by atoms with Gasteiger partial charge in [0.2, 0.25) is 5.76 Å². The van der Waals surface area contributed by atoms with Crippen molar-refractivity contribution in [2.45, 2.75) is 6.54 Å². The molecule has 0 spiro atoms. The van der Waals surface area contributed by atoms with E-state index in [4.69, 9.17) is 14.4 Å². The lowest BCUT2D eigenvalue weighted by Gasteiger charge is -2.12. The second-order valence-electron chi connectivity index (χ2n) is 4.65. The lowest BCUT2D eigenvalue weighted by molar-refractivity contribution is 0.0652. The standard InChI is InChI=1S/C14H16N2O4/c1-16(2)8-9-4-5-12(19-3)10(6-9)11-7-13(14(17)18)20-15-11/h4-7H,8H2,1-3H3,(H,17,18). The average molecular weight is 276 g/mol. The van der Waals surface area contributed by atoms with Gasteiger partial charge >= 0.3 is 5.97 Å². The minimum Gasteiger partial charge on any atom is -0.496 e. The molecule has 0 saturated heterocycles. The largest absolute Gasteiger partial charge is 0.496 e. The number of aromatic carboxylic acids is 1. The molecule has 0 unspecified atom stereocenters. The Morgan fingerprint density at radius 1 is 1.40 bits per heavy atom. The number of carboxylic acid groups (broad SMARTS) is 1. The van der Waals surface area contributed by atoms with E-state index >= 15 is 0 Å². The van der Waals surface area contributed by atoms with Crippen molar-refractivity contribution in [3.05, 3.63) is 35.6 Å². The molecular formula is C14H16N2O4. The molecule has 1 heterocycles. The number of hydrogen-bond donors (Lipinski definition) is 1. The molecule has 1 aromatic carbocycles. The smallest absolute Gasteiger partial charge is 0.374 e. The van der Waals surface area contributed by atoms with Gasteiger partial charge in [-0.3, -0.25) is 0 Å². The molecule has 0 bridgehead atoms. The van der Waals surface area contributed by atoms with Gasteiger partial charge in [0, 0.05) is 18.2 Å². The van der Waals surface area contributed by atoms with Crippen LogP contribution in [0.25, 0.3) is 11.3 Å². The van der Waals surface area contributed by atoms with Gasteiger partial charge in [-0.1, -0.05) is 11.2 Å². The molecule has 0 amide bonds. The molecule has 1 N–H and O–H groups in total. The molecule has 0 aliphatic heterocycles. The molecule has 2 aromatic rings. The van der Waals surface area contributed by atoms with Gasteiger partial charge in [0.1, 0.15) is 11.4 Å². The summed E-state index contributed by atoms with van der Waals surface area (Å²) in [5.74, 6) is -0.718. The number of aromatic nitrogens is 1. The predicted octanol–water partition coefficient (Wildman–Crippen LogP) is 2.11. The van der Waals surface area contributed by atoms with Crippen LogP contribution >= 0.6 is 0 Å². The normalized spacial score (nSPS) is 10.8. The number of carbonyl (C=O) groups is 1. The van der Waals surface area contributed by atoms with Crippen LogP contribution in [0.15, 0.2) is 28.8 Å². The van der Waals surface area contributed by atoms with E-state index in [2.05, 4.69) is 5.16 Å². The van der Waals surface area contributed by atoms with E-state index in [1.54, 1.807) is 7.11 Å². The molecule has 0 radical (unpaired) electrons. The highest BCUT2D eigenvalue weighted by Crippen LogP contribution is 2.30. The Morgan fingerprint density at radius 3 is 2.70 bits per heavy atom. The van der Waals surface area contributed by atoms with Crippen molar-refractivity contribution in [3.8, 4) is 17.0 Å². The maximum atomic E-state index is 10.8. The number of benzene rings is 1. The van der Waals surface area contributed by atoms with E-state index in [9.17, 15) is 4.79 Å². The zero-order chi connectivity index (χ0) is 14.7. The van der Waals surface area contributed by atoms with E-state index in [0.717, 1.165) is 12.1 Å². The Hall–Kier alpha value is -2.34. The summed E-state index contributed by atoms with van der Waals surface area (Å²) in [5, 5.41) is 12.7. The summed E-state index contributed by atoms with van der Waals surface area (Å²) in [6, 6.07) is 7.10. The molecule has 6 nitrogen and oxygen atoms in total. The first kappa shape index (κ1) is 14.1. The maximum absolute atomic E-state index is 10.8. The van der Waals surface area contributed by atoms with E-state index in [0.29, 0.717) is 17.0 Å².